The molecular formula is C15H8N3. The van der Waals surface area contributed by atoms with Gasteiger partial charge in [-0.05, 0) is 29.5 Å². The van der Waals surface area contributed by atoms with E-state index < -0.39 is 0 Å². The fourth-order valence-electron chi connectivity index (χ4n) is 2.02. The van der Waals surface area contributed by atoms with Crippen molar-refractivity contribution in [1.29, 1.82) is 15.8 Å². The van der Waals surface area contributed by atoms with Gasteiger partial charge < -0.3 is 0 Å². The van der Waals surface area contributed by atoms with Crippen molar-refractivity contribution in [3.8, 4) is 18.2 Å². The van der Waals surface area contributed by atoms with Crippen LogP contribution in [-0.2, 0) is 0 Å². The Labute approximate surface area is 105 Å². The van der Waals surface area contributed by atoms with Gasteiger partial charge in [-0.1, -0.05) is 19.1 Å². The second-order valence-electron chi connectivity index (χ2n) is 3.74. The molecule has 3 heteroatoms. The largest absolute Gasteiger partial charge is 0.192 e. The van der Waals surface area contributed by atoms with Crippen LogP contribution in [0, 0.1) is 40.4 Å². The Morgan fingerprint density at radius 3 is 2.11 bits per heavy atom. The van der Waals surface area contributed by atoms with E-state index in [2.05, 4.69) is 6.07 Å². The average molecular weight is 230 g/mol. The minimum Gasteiger partial charge on any atom is -0.192 e. The molecule has 2 rings (SSSR count). The lowest BCUT2D eigenvalue weighted by Gasteiger charge is -2.08. The topological polar surface area (TPSA) is 71.4 Å². The summed E-state index contributed by atoms with van der Waals surface area (Å²) in [5, 5.41) is 28.7. The van der Waals surface area contributed by atoms with Crippen LogP contribution in [0.3, 0.4) is 0 Å². The summed E-state index contributed by atoms with van der Waals surface area (Å²) >= 11 is 0. The van der Waals surface area contributed by atoms with E-state index in [4.69, 9.17) is 10.5 Å². The van der Waals surface area contributed by atoms with E-state index in [1.165, 1.54) is 0 Å². The highest BCUT2D eigenvalue weighted by atomic mass is 14.3. The highest BCUT2D eigenvalue weighted by Gasteiger charge is 2.13. The maximum Gasteiger partial charge on any atom is 0.101 e. The van der Waals surface area contributed by atoms with E-state index in [1.807, 2.05) is 31.5 Å². The van der Waals surface area contributed by atoms with E-state index in [1.54, 1.807) is 18.2 Å². The van der Waals surface area contributed by atoms with Gasteiger partial charge >= 0.3 is 0 Å². The number of hydrogen-bond donors (Lipinski definition) is 0. The van der Waals surface area contributed by atoms with Gasteiger partial charge in [0, 0.05) is 5.39 Å². The maximum absolute atomic E-state index is 9.21. The molecule has 0 unspecified atom stereocenters. The van der Waals surface area contributed by atoms with Crippen molar-refractivity contribution in [2.24, 2.45) is 0 Å². The van der Waals surface area contributed by atoms with Crippen molar-refractivity contribution in [2.75, 3.05) is 0 Å². The summed E-state index contributed by atoms with van der Waals surface area (Å²) < 4.78 is 0. The van der Waals surface area contributed by atoms with Crippen LogP contribution < -0.4 is 0 Å². The van der Waals surface area contributed by atoms with Gasteiger partial charge in [-0.3, -0.25) is 0 Å². The fraction of sp³-hybridized carbons (Fsp3) is 0.0667. The Morgan fingerprint density at radius 2 is 1.56 bits per heavy atom. The van der Waals surface area contributed by atoms with E-state index >= 15 is 0 Å². The molecule has 2 aromatic rings. The molecule has 0 bridgehead atoms. The van der Waals surface area contributed by atoms with Crippen LogP contribution in [0.2, 0.25) is 0 Å². The van der Waals surface area contributed by atoms with Gasteiger partial charge in [-0.2, -0.15) is 15.8 Å². The summed E-state index contributed by atoms with van der Waals surface area (Å²) in [7, 11) is 0. The summed E-state index contributed by atoms with van der Waals surface area (Å²) in [6.07, 6.45) is 1.91. The first-order valence-electron chi connectivity index (χ1n) is 5.36. The molecule has 18 heavy (non-hydrogen) atoms. The zero-order valence-corrected chi connectivity index (χ0v) is 9.73. The Morgan fingerprint density at radius 1 is 0.889 bits per heavy atom. The first-order valence-corrected chi connectivity index (χ1v) is 5.36. The first kappa shape index (κ1) is 11.6. The van der Waals surface area contributed by atoms with Crippen LogP contribution in [0.5, 0.6) is 0 Å². The average Bonchev–Trinajstić information content (AvgIpc) is 2.44. The molecule has 2 aromatic carbocycles. The van der Waals surface area contributed by atoms with Crippen LogP contribution in [0.4, 0.5) is 0 Å². The molecular weight excluding hydrogens is 222 g/mol. The molecule has 0 aliphatic rings. The van der Waals surface area contributed by atoms with Gasteiger partial charge in [0.1, 0.15) is 12.1 Å². The number of benzene rings is 2. The lowest BCUT2D eigenvalue weighted by Crippen LogP contribution is -1.93. The van der Waals surface area contributed by atoms with E-state index in [0.29, 0.717) is 16.5 Å². The summed E-state index contributed by atoms with van der Waals surface area (Å²) in [6, 6.07) is 13.0. The number of hydrogen-bond acceptors (Lipinski definition) is 3. The monoisotopic (exact) mass is 230 g/mol. The molecule has 0 atom stereocenters. The highest BCUT2D eigenvalue weighted by Crippen LogP contribution is 2.28. The molecule has 0 fully saturated rings. The van der Waals surface area contributed by atoms with Gasteiger partial charge in [0.2, 0.25) is 0 Å². The van der Waals surface area contributed by atoms with E-state index in [9.17, 15) is 5.26 Å². The standard InChI is InChI=1S/C15H8N3/c1-2-10-3-4-12(8-17)15-13(10)6-5-11(7-16)14(15)9-18/h2-6H,1H3. The van der Waals surface area contributed by atoms with Gasteiger partial charge in [0.25, 0.3) is 0 Å². The molecule has 0 N–H and O–H groups in total. The smallest absolute Gasteiger partial charge is 0.101 e. The van der Waals surface area contributed by atoms with Crippen LogP contribution in [0.15, 0.2) is 24.3 Å². The molecule has 0 aliphatic carbocycles. The fourth-order valence-corrected chi connectivity index (χ4v) is 2.02. The van der Waals surface area contributed by atoms with Crippen LogP contribution in [-0.4, -0.2) is 0 Å². The van der Waals surface area contributed by atoms with Gasteiger partial charge in [-0.15, -0.1) is 0 Å². The molecule has 0 aromatic heterocycles. The third-order valence-electron chi connectivity index (χ3n) is 2.88. The molecule has 1 radical (unpaired) electrons. The zero-order valence-electron chi connectivity index (χ0n) is 9.73. The molecule has 0 heterocycles. The van der Waals surface area contributed by atoms with Crippen molar-refractivity contribution in [3.05, 3.63) is 52.9 Å². The third kappa shape index (κ3) is 1.58. The lowest BCUT2D eigenvalue weighted by molar-refractivity contribution is 1.42. The predicted octanol–water partition coefficient (Wildman–Crippen LogP) is 3.03. The van der Waals surface area contributed by atoms with Gasteiger partial charge in [-0.25, -0.2) is 0 Å². The van der Waals surface area contributed by atoms with Crippen molar-refractivity contribution < 1.29 is 0 Å². The number of nitriles is 3. The zero-order chi connectivity index (χ0) is 13.1. The summed E-state index contributed by atoms with van der Waals surface area (Å²) in [5.74, 6) is 0. The minimum atomic E-state index is 0.273. The third-order valence-corrected chi connectivity index (χ3v) is 2.88. The molecule has 0 saturated heterocycles. The van der Waals surface area contributed by atoms with Crippen molar-refractivity contribution in [1.82, 2.24) is 0 Å². The van der Waals surface area contributed by atoms with Crippen LogP contribution >= 0.6 is 0 Å². The Hall–Kier alpha value is -2.83. The quantitative estimate of drug-likeness (QED) is 0.755. The van der Waals surface area contributed by atoms with Crippen LogP contribution in [0.25, 0.3) is 10.8 Å². The van der Waals surface area contributed by atoms with E-state index in [-0.39, 0.29) is 5.56 Å². The SMILES string of the molecule is C[CH]c1ccc(C#N)c2c(C#N)c(C#N)ccc12. The number of rotatable bonds is 1. The van der Waals surface area contributed by atoms with Crippen molar-refractivity contribution >= 4 is 10.8 Å². The molecule has 83 valence electrons. The Bertz CT molecular complexity index is 752. The van der Waals surface area contributed by atoms with Crippen molar-refractivity contribution in [3.63, 3.8) is 0 Å². The Kier molecular flexibility index (Phi) is 2.96. The summed E-state index contributed by atoms with van der Waals surface area (Å²) in [4.78, 5) is 0. The number of fused-ring (bicyclic) bond motifs is 1. The second kappa shape index (κ2) is 4.58. The van der Waals surface area contributed by atoms with Crippen molar-refractivity contribution in [2.45, 2.75) is 6.92 Å². The normalized spacial score (nSPS) is 9.44. The van der Waals surface area contributed by atoms with Gasteiger partial charge in [0.15, 0.2) is 0 Å². The van der Waals surface area contributed by atoms with Gasteiger partial charge in [0.05, 0.1) is 22.8 Å². The second-order valence-corrected chi connectivity index (χ2v) is 3.74. The van der Waals surface area contributed by atoms with E-state index in [0.717, 1.165) is 10.9 Å². The molecule has 0 saturated carbocycles. The van der Waals surface area contributed by atoms with Crippen LogP contribution in [0.1, 0.15) is 29.2 Å². The highest BCUT2D eigenvalue weighted by molar-refractivity contribution is 5.97. The molecule has 0 spiro atoms. The summed E-state index contributed by atoms with van der Waals surface area (Å²) in [5.41, 5.74) is 1.94. The molecule has 0 aliphatic heterocycles. The predicted molar refractivity (Wildman–Crippen MR) is 67.2 cm³/mol. The molecule has 0 amide bonds. The number of nitrogens with zero attached hydrogens (tertiary/aromatic N) is 3. The molecule has 3 nitrogen and oxygen atoms in total. The maximum atomic E-state index is 9.21. The summed E-state index contributed by atoms with van der Waals surface area (Å²) in [6.45, 7) is 1.89. The minimum absolute atomic E-state index is 0.273. The first-order chi connectivity index (χ1) is 8.76. The Balaban J connectivity index is 3.06. The lowest BCUT2D eigenvalue weighted by atomic mass is 9.92.